The molecule has 5 saturated carbocycles. The lowest BCUT2D eigenvalue weighted by molar-refractivity contribution is -0.143. The van der Waals surface area contributed by atoms with Crippen LogP contribution in [0.5, 0.6) is 0 Å². The van der Waals surface area contributed by atoms with Crippen LogP contribution in [0.3, 0.4) is 0 Å². The fraction of sp³-hybridized carbons (Fsp3) is 0.695. The van der Waals surface area contributed by atoms with Crippen LogP contribution >= 0.6 is 0 Å². The number of aliphatic hydroxyl groups excluding tert-OH is 1. The Kier molecular flexibility index (Phi) is 23.4. The first-order valence-electron chi connectivity index (χ1n) is 28.0. The first kappa shape index (κ1) is 59.2. The van der Waals surface area contributed by atoms with Gasteiger partial charge >= 0.3 is 12.1 Å². The van der Waals surface area contributed by atoms with Crippen LogP contribution < -0.4 is 16.8 Å². The molecule has 14 nitrogen and oxygen atoms in total. The lowest BCUT2D eigenvalue weighted by atomic mass is 9.82. The van der Waals surface area contributed by atoms with E-state index < -0.39 is 11.6 Å². The minimum Gasteiger partial charge on any atom is -0.481 e. The number of ether oxygens (including phenoxy) is 1. The summed E-state index contributed by atoms with van der Waals surface area (Å²) in [5, 5.41) is 20.6. The molecule has 2 aromatic rings. The number of fused-ring (bicyclic) bond motifs is 2. The number of aliphatic carboxylic acids is 1. The monoisotopic (exact) mass is 1010 g/mol. The molecule has 2 heterocycles. The number of hydrogen-bond acceptors (Lipinski definition) is 10. The number of carboxylic acid groups (broad SMARTS) is 1. The van der Waals surface area contributed by atoms with Crippen molar-refractivity contribution in [2.45, 2.75) is 188 Å². The van der Waals surface area contributed by atoms with Crippen molar-refractivity contribution in [3.05, 3.63) is 70.8 Å². The van der Waals surface area contributed by atoms with Crippen LogP contribution in [-0.2, 0) is 9.53 Å². The Hall–Kier alpha value is -4.66. The second-order valence-corrected chi connectivity index (χ2v) is 23.7. The lowest BCUT2D eigenvalue weighted by Crippen LogP contribution is -2.41. The number of aliphatic hydroxyl groups is 1. The molecule has 0 radical (unpaired) electrons. The number of nitrogens with one attached hydrogen (secondary N) is 1. The van der Waals surface area contributed by atoms with Gasteiger partial charge in [0.2, 0.25) is 0 Å². The zero-order chi connectivity index (χ0) is 53.2. The van der Waals surface area contributed by atoms with Crippen molar-refractivity contribution in [2.24, 2.45) is 58.8 Å². The van der Waals surface area contributed by atoms with Crippen LogP contribution in [0.25, 0.3) is 0 Å². The third-order valence-electron chi connectivity index (χ3n) is 15.9. The zero-order valence-corrected chi connectivity index (χ0v) is 45.2. The number of hydrogen-bond donors (Lipinski definition) is 5. The first-order valence-corrected chi connectivity index (χ1v) is 28.0. The Balaban J connectivity index is 0.000000174. The third-order valence-corrected chi connectivity index (χ3v) is 15.9. The number of nitrogens with zero attached hydrogens (tertiary/aromatic N) is 2. The van der Waals surface area contributed by atoms with Crippen molar-refractivity contribution in [1.29, 1.82) is 0 Å². The van der Waals surface area contributed by atoms with E-state index in [9.17, 15) is 28.8 Å². The normalized spacial score (nSPS) is 28.8. The van der Waals surface area contributed by atoms with Crippen LogP contribution in [-0.4, -0.2) is 99.6 Å². The van der Waals surface area contributed by atoms with Crippen LogP contribution in [0.2, 0.25) is 0 Å². The van der Waals surface area contributed by atoms with Crippen molar-refractivity contribution in [3.63, 3.8) is 0 Å². The number of benzene rings is 2. The molecular formula is C59H91N5O9. The van der Waals surface area contributed by atoms with Crippen molar-refractivity contribution in [1.82, 2.24) is 15.1 Å². The summed E-state index contributed by atoms with van der Waals surface area (Å²) in [6.07, 6.45) is 22.1. The summed E-state index contributed by atoms with van der Waals surface area (Å²) in [7, 11) is 0. The molecule has 5 amide bonds. The Bertz CT molecular complexity index is 1960. The SMILES string of the molecule is CC(C)(C)OC(=O)NC1CCCC(CO)C1.CC1CCCC(C(=O)O)C1.CC1CCCC(CN)C1.CC1CCCC(CN2C(=O)c3ccccc3C2=O)C1.NC1CCCC(CN2C(=O)c3ccccc3C2=O)C1. The highest BCUT2D eigenvalue weighted by atomic mass is 16.6. The average Bonchev–Trinajstić information content (AvgIpc) is 3.74. The molecule has 73 heavy (non-hydrogen) atoms. The van der Waals surface area contributed by atoms with Crippen LogP contribution in [0.15, 0.2) is 48.5 Å². The van der Waals surface area contributed by atoms with Gasteiger partial charge in [-0.3, -0.25) is 33.8 Å². The van der Waals surface area contributed by atoms with E-state index in [1.54, 1.807) is 36.4 Å². The number of alkyl carbamates (subject to hydrolysis) is 1. The quantitative estimate of drug-likeness (QED) is 0.156. The zero-order valence-electron chi connectivity index (χ0n) is 45.2. The smallest absolute Gasteiger partial charge is 0.407 e. The minimum absolute atomic E-state index is 0.0521. The van der Waals surface area contributed by atoms with Gasteiger partial charge in [0, 0.05) is 31.8 Å². The van der Waals surface area contributed by atoms with Crippen LogP contribution in [0, 0.1) is 47.3 Å². The third kappa shape index (κ3) is 18.6. The van der Waals surface area contributed by atoms with E-state index in [4.69, 9.17) is 26.4 Å². The molecule has 5 fully saturated rings. The number of rotatable bonds is 8. The number of carbonyl (C=O) groups excluding carboxylic acids is 5. The number of imide groups is 2. The van der Waals surface area contributed by atoms with E-state index in [0.29, 0.717) is 64.9 Å². The molecule has 10 unspecified atom stereocenters. The minimum atomic E-state index is -0.605. The molecule has 10 atom stereocenters. The summed E-state index contributed by atoms with van der Waals surface area (Å²) in [4.78, 5) is 73.9. The largest absolute Gasteiger partial charge is 0.481 e. The second-order valence-electron chi connectivity index (χ2n) is 23.7. The maximum absolute atomic E-state index is 12.3. The van der Waals surface area contributed by atoms with Crippen LogP contribution in [0.4, 0.5) is 4.79 Å². The Labute approximate surface area is 436 Å². The first-order chi connectivity index (χ1) is 34.8. The predicted molar refractivity (Wildman–Crippen MR) is 286 cm³/mol. The number of carboxylic acids is 1. The molecule has 406 valence electrons. The summed E-state index contributed by atoms with van der Waals surface area (Å²) in [5.74, 6) is 3.09. The molecule has 0 bridgehead atoms. The predicted octanol–water partition coefficient (Wildman–Crippen LogP) is 10.6. The van der Waals surface area contributed by atoms with Crippen molar-refractivity contribution < 1.29 is 43.7 Å². The van der Waals surface area contributed by atoms with Gasteiger partial charge in [0.1, 0.15) is 5.60 Å². The van der Waals surface area contributed by atoms with E-state index >= 15 is 0 Å². The number of amides is 5. The molecule has 0 aromatic heterocycles. The maximum atomic E-state index is 12.3. The van der Waals surface area contributed by atoms with E-state index in [0.717, 1.165) is 102 Å². The Morgan fingerprint density at radius 2 is 1.00 bits per heavy atom. The van der Waals surface area contributed by atoms with Crippen molar-refractivity contribution in [3.8, 4) is 0 Å². The molecule has 14 heteroatoms. The molecule has 0 spiro atoms. The number of nitrogens with two attached hydrogens (primary N) is 2. The fourth-order valence-corrected chi connectivity index (χ4v) is 12.0. The van der Waals surface area contributed by atoms with Gasteiger partial charge in [-0.15, -0.1) is 0 Å². The van der Waals surface area contributed by atoms with Gasteiger partial charge in [-0.05, 0) is 170 Å². The van der Waals surface area contributed by atoms with Gasteiger partial charge in [-0.25, -0.2) is 4.79 Å². The summed E-state index contributed by atoms with van der Waals surface area (Å²) in [5.41, 5.74) is 13.3. The van der Waals surface area contributed by atoms with Crippen LogP contribution in [0.1, 0.15) is 211 Å². The highest BCUT2D eigenvalue weighted by molar-refractivity contribution is 6.22. The Morgan fingerprint density at radius 3 is 1.40 bits per heavy atom. The van der Waals surface area contributed by atoms with Gasteiger partial charge in [0.05, 0.1) is 28.2 Å². The lowest BCUT2D eigenvalue weighted by Gasteiger charge is -2.29. The molecule has 0 saturated heterocycles. The molecular weight excluding hydrogens is 923 g/mol. The fourth-order valence-electron chi connectivity index (χ4n) is 12.0. The van der Waals surface area contributed by atoms with E-state index in [-0.39, 0.29) is 54.3 Å². The van der Waals surface area contributed by atoms with Crippen molar-refractivity contribution in [2.75, 3.05) is 26.2 Å². The maximum Gasteiger partial charge on any atom is 0.407 e. The van der Waals surface area contributed by atoms with Gasteiger partial charge in [0.25, 0.3) is 23.6 Å². The highest BCUT2D eigenvalue weighted by Crippen LogP contribution is 2.33. The van der Waals surface area contributed by atoms with Crippen molar-refractivity contribution >= 4 is 35.7 Å². The standard InChI is InChI=1S/C16H19NO2.C15H18N2O2.C12H23NO3.C8H17N.C8H14O2/c1-11-5-4-6-12(9-11)10-17-15(18)13-7-2-3-8-14(13)16(17)19;16-11-5-3-4-10(8-11)9-17-14(18)12-6-1-2-7-13(12)15(17)19;1-12(2,3)16-11(15)13-10-6-4-5-9(7-10)8-14;1-7-3-2-4-8(5-7)6-9;1-6-3-2-4-7(5-6)8(9)10/h2-3,7-8,11-12H,4-6,9-10H2,1H3;1-2,6-7,10-11H,3-5,8-9,16H2;9-10,14H,4-8H2,1-3H3,(H,13,15);7-8H,2-6,9H2,1H3;6-7H,2-5H2,1H3,(H,9,10). The second kappa shape index (κ2) is 28.9. The Morgan fingerprint density at radius 1 is 0.589 bits per heavy atom. The van der Waals surface area contributed by atoms with E-state index in [1.165, 1.54) is 54.7 Å². The molecule has 5 aliphatic carbocycles. The summed E-state index contributed by atoms with van der Waals surface area (Å²) in [6.45, 7) is 14.5. The van der Waals surface area contributed by atoms with Gasteiger partial charge < -0.3 is 31.7 Å². The molecule has 7 aliphatic rings. The van der Waals surface area contributed by atoms with E-state index in [1.807, 2.05) is 32.9 Å². The molecule has 2 aromatic carbocycles. The topological polar surface area (TPSA) is 223 Å². The average molecular weight is 1010 g/mol. The summed E-state index contributed by atoms with van der Waals surface area (Å²) < 4.78 is 5.20. The highest BCUT2D eigenvalue weighted by Gasteiger charge is 2.38. The molecule has 7 N–H and O–H groups in total. The number of carbonyl (C=O) groups is 6. The van der Waals surface area contributed by atoms with Gasteiger partial charge in [0.15, 0.2) is 0 Å². The van der Waals surface area contributed by atoms with Gasteiger partial charge in [-0.1, -0.05) is 96.4 Å². The molecule has 9 rings (SSSR count). The van der Waals surface area contributed by atoms with Gasteiger partial charge in [-0.2, -0.15) is 0 Å². The van der Waals surface area contributed by atoms with E-state index in [2.05, 4.69) is 26.1 Å². The summed E-state index contributed by atoms with van der Waals surface area (Å²) in [6, 6.07) is 14.5. The molecule has 2 aliphatic heterocycles. The summed E-state index contributed by atoms with van der Waals surface area (Å²) >= 11 is 0.